The molecule has 1 aromatic rings. The zero-order valence-corrected chi connectivity index (χ0v) is 6.59. The number of hydrogen-bond donors (Lipinski definition) is 0. The second-order valence-corrected chi connectivity index (χ2v) is 2.35. The van der Waals surface area contributed by atoms with E-state index in [1.807, 2.05) is 0 Å². The van der Waals surface area contributed by atoms with Crippen molar-refractivity contribution < 1.29 is 18.0 Å². The molecule has 70 valence electrons. The third-order valence-electron chi connectivity index (χ3n) is 1.50. The normalized spacial score (nSPS) is 11.4. The number of aldehydes is 1. The fourth-order valence-corrected chi connectivity index (χ4v) is 0.868. The van der Waals surface area contributed by atoms with E-state index >= 15 is 0 Å². The van der Waals surface area contributed by atoms with Crippen LogP contribution >= 0.6 is 0 Å². The molecule has 1 aromatic heterocycles. The predicted octanol–water partition coefficient (Wildman–Crippen LogP) is 1.62. The summed E-state index contributed by atoms with van der Waals surface area (Å²) in [4.78, 5) is 16.7. The van der Waals surface area contributed by atoms with Gasteiger partial charge in [-0.05, 0) is 6.92 Å². The minimum atomic E-state index is -4.54. The van der Waals surface area contributed by atoms with Crippen molar-refractivity contribution in [2.75, 3.05) is 0 Å². The number of aromatic nitrogens is 2. The molecule has 0 spiro atoms. The molecule has 0 aromatic carbocycles. The van der Waals surface area contributed by atoms with Crippen LogP contribution in [-0.2, 0) is 6.18 Å². The van der Waals surface area contributed by atoms with E-state index in [0.29, 0.717) is 0 Å². The average molecular weight is 190 g/mol. The lowest BCUT2D eigenvalue weighted by molar-refractivity contribution is -0.141. The van der Waals surface area contributed by atoms with Crippen LogP contribution in [0, 0.1) is 6.92 Å². The summed E-state index contributed by atoms with van der Waals surface area (Å²) in [6, 6.07) is 0. The average Bonchev–Trinajstić information content (AvgIpc) is 2.02. The molecule has 6 heteroatoms. The number of carbonyl (C=O) groups excluding carboxylic acids is 1. The molecule has 0 bridgehead atoms. The molecule has 1 heterocycles. The number of carbonyl (C=O) groups is 1. The van der Waals surface area contributed by atoms with Crippen LogP contribution in [-0.4, -0.2) is 16.3 Å². The standard InChI is InChI=1S/C7H5F3N2O/c1-4-5(2-13)11-3-12-6(4)7(8,9)10/h2-3H,1H3. The summed E-state index contributed by atoms with van der Waals surface area (Å²) in [6.45, 7) is 1.16. The van der Waals surface area contributed by atoms with E-state index in [9.17, 15) is 18.0 Å². The molecule has 0 N–H and O–H groups in total. The summed E-state index contributed by atoms with van der Waals surface area (Å²) in [7, 11) is 0. The van der Waals surface area contributed by atoms with Crippen LogP contribution in [0.4, 0.5) is 13.2 Å². The fourth-order valence-electron chi connectivity index (χ4n) is 0.868. The minimum absolute atomic E-state index is 0.234. The fraction of sp³-hybridized carbons (Fsp3) is 0.286. The number of hydrogen-bond acceptors (Lipinski definition) is 3. The Balaban J connectivity index is 3.32. The second kappa shape index (κ2) is 3.12. The van der Waals surface area contributed by atoms with E-state index in [2.05, 4.69) is 9.97 Å². The number of rotatable bonds is 1. The SMILES string of the molecule is Cc1c(C=O)ncnc1C(F)(F)F. The molecule has 0 saturated carbocycles. The zero-order chi connectivity index (χ0) is 10.1. The summed E-state index contributed by atoms with van der Waals surface area (Å²) < 4.78 is 36.5. The van der Waals surface area contributed by atoms with Gasteiger partial charge in [0.15, 0.2) is 12.0 Å². The maximum Gasteiger partial charge on any atom is 0.433 e. The van der Waals surface area contributed by atoms with E-state index in [-0.39, 0.29) is 17.5 Å². The van der Waals surface area contributed by atoms with Gasteiger partial charge >= 0.3 is 6.18 Å². The van der Waals surface area contributed by atoms with Gasteiger partial charge in [0.25, 0.3) is 0 Å². The summed E-state index contributed by atoms with van der Waals surface area (Å²) >= 11 is 0. The Hall–Kier alpha value is -1.46. The zero-order valence-electron chi connectivity index (χ0n) is 6.59. The minimum Gasteiger partial charge on any atom is -0.296 e. The van der Waals surface area contributed by atoms with Gasteiger partial charge in [-0.2, -0.15) is 13.2 Å². The smallest absolute Gasteiger partial charge is 0.296 e. The first kappa shape index (κ1) is 9.63. The van der Waals surface area contributed by atoms with Crippen molar-refractivity contribution in [2.45, 2.75) is 13.1 Å². The summed E-state index contributed by atoms with van der Waals surface area (Å²) in [5.41, 5.74) is -1.54. The van der Waals surface area contributed by atoms with Gasteiger partial charge in [-0.1, -0.05) is 0 Å². The first-order valence-electron chi connectivity index (χ1n) is 3.30. The lowest BCUT2D eigenvalue weighted by Gasteiger charge is -2.08. The first-order valence-corrected chi connectivity index (χ1v) is 3.30. The molecular weight excluding hydrogens is 185 g/mol. The van der Waals surface area contributed by atoms with Crippen LogP contribution < -0.4 is 0 Å². The molecule has 0 aliphatic carbocycles. The molecule has 13 heavy (non-hydrogen) atoms. The topological polar surface area (TPSA) is 42.9 Å². The molecule has 3 nitrogen and oxygen atoms in total. The molecule has 0 saturated heterocycles. The van der Waals surface area contributed by atoms with Crippen LogP contribution in [0.15, 0.2) is 6.33 Å². The number of nitrogens with zero attached hydrogens (tertiary/aromatic N) is 2. The summed E-state index contributed by atoms with van der Waals surface area (Å²) in [5, 5.41) is 0. The van der Waals surface area contributed by atoms with Gasteiger partial charge in [0.1, 0.15) is 12.0 Å². The third-order valence-corrected chi connectivity index (χ3v) is 1.50. The molecular formula is C7H5F3N2O. The molecule has 0 unspecified atom stereocenters. The van der Waals surface area contributed by atoms with Crippen molar-refractivity contribution in [3.63, 3.8) is 0 Å². The molecule has 0 amide bonds. The van der Waals surface area contributed by atoms with Gasteiger partial charge in [-0.15, -0.1) is 0 Å². The maximum atomic E-state index is 12.2. The Morgan fingerprint density at radius 2 is 2.00 bits per heavy atom. The Morgan fingerprint density at radius 1 is 1.38 bits per heavy atom. The van der Waals surface area contributed by atoms with Gasteiger partial charge in [0.05, 0.1) is 0 Å². The Bertz CT molecular complexity index is 335. The van der Waals surface area contributed by atoms with E-state index in [4.69, 9.17) is 0 Å². The molecule has 0 aliphatic rings. The van der Waals surface area contributed by atoms with Crippen LogP contribution in [0.5, 0.6) is 0 Å². The van der Waals surface area contributed by atoms with Gasteiger partial charge in [0, 0.05) is 5.56 Å². The highest BCUT2D eigenvalue weighted by Gasteiger charge is 2.35. The third kappa shape index (κ3) is 1.82. The largest absolute Gasteiger partial charge is 0.433 e. The van der Waals surface area contributed by atoms with Gasteiger partial charge in [-0.3, -0.25) is 4.79 Å². The van der Waals surface area contributed by atoms with Crippen molar-refractivity contribution in [3.05, 3.63) is 23.3 Å². The van der Waals surface area contributed by atoms with Crippen LogP contribution in [0.2, 0.25) is 0 Å². The van der Waals surface area contributed by atoms with Crippen molar-refractivity contribution in [2.24, 2.45) is 0 Å². The van der Waals surface area contributed by atoms with Crippen molar-refractivity contribution >= 4 is 6.29 Å². The molecule has 0 atom stereocenters. The highest BCUT2D eigenvalue weighted by molar-refractivity contribution is 5.74. The van der Waals surface area contributed by atoms with Crippen LogP contribution in [0.3, 0.4) is 0 Å². The monoisotopic (exact) mass is 190 g/mol. The van der Waals surface area contributed by atoms with Crippen molar-refractivity contribution in [1.29, 1.82) is 0 Å². The predicted molar refractivity (Wildman–Crippen MR) is 37.2 cm³/mol. The highest BCUT2D eigenvalue weighted by atomic mass is 19.4. The van der Waals surface area contributed by atoms with Crippen molar-refractivity contribution in [3.8, 4) is 0 Å². The maximum absolute atomic E-state index is 12.2. The van der Waals surface area contributed by atoms with E-state index in [1.165, 1.54) is 0 Å². The Morgan fingerprint density at radius 3 is 2.46 bits per heavy atom. The quantitative estimate of drug-likeness (QED) is 0.632. The second-order valence-electron chi connectivity index (χ2n) is 2.35. The van der Waals surface area contributed by atoms with Crippen LogP contribution in [0.25, 0.3) is 0 Å². The summed E-state index contributed by atoms with van der Waals surface area (Å²) in [6.07, 6.45) is -3.55. The molecule has 0 aliphatic heterocycles. The summed E-state index contributed by atoms with van der Waals surface area (Å²) in [5.74, 6) is 0. The molecule has 0 fully saturated rings. The Kier molecular flexibility index (Phi) is 2.31. The van der Waals surface area contributed by atoms with Gasteiger partial charge in [-0.25, -0.2) is 9.97 Å². The van der Waals surface area contributed by atoms with E-state index in [1.54, 1.807) is 0 Å². The molecule has 0 radical (unpaired) electrons. The number of halogens is 3. The lowest BCUT2D eigenvalue weighted by Crippen LogP contribution is -2.12. The number of alkyl halides is 3. The van der Waals surface area contributed by atoms with E-state index in [0.717, 1.165) is 13.3 Å². The van der Waals surface area contributed by atoms with Crippen molar-refractivity contribution in [1.82, 2.24) is 9.97 Å². The van der Waals surface area contributed by atoms with Gasteiger partial charge < -0.3 is 0 Å². The van der Waals surface area contributed by atoms with Gasteiger partial charge in [0.2, 0.25) is 0 Å². The molecule has 1 rings (SSSR count). The van der Waals surface area contributed by atoms with E-state index < -0.39 is 11.9 Å². The highest BCUT2D eigenvalue weighted by Crippen LogP contribution is 2.29. The Labute approximate surface area is 71.6 Å². The lowest BCUT2D eigenvalue weighted by atomic mass is 10.2. The van der Waals surface area contributed by atoms with Crippen LogP contribution in [0.1, 0.15) is 21.7 Å². The first-order chi connectivity index (χ1) is 5.96.